The van der Waals surface area contributed by atoms with Crippen molar-refractivity contribution in [3.8, 4) is 5.75 Å². The Labute approximate surface area is 120 Å². The van der Waals surface area contributed by atoms with Crippen LogP contribution in [0.2, 0.25) is 0 Å². The van der Waals surface area contributed by atoms with Crippen molar-refractivity contribution < 1.29 is 13.9 Å². The van der Waals surface area contributed by atoms with E-state index < -0.39 is 0 Å². The van der Waals surface area contributed by atoms with Crippen LogP contribution < -0.4 is 10.5 Å². The summed E-state index contributed by atoms with van der Waals surface area (Å²) >= 11 is 0. The number of ether oxygens (including phenoxy) is 2. The van der Waals surface area contributed by atoms with Crippen molar-refractivity contribution in [2.45, 2.75) is 50.7 Å². The molecule has 1 aliphatic rings. The SMILES string of the molecule is CCOC1(C(N)Cc2ccc(OC)c(F)c2)CCCC1. The van der Waals surface area contributed by atoms with Crippen LogP contribution in [0.5, 0.6) is 5.75 Å². The maximum absolute atomic E-state index is 13.7. The van der Waals surface area contributed by atoms with E-state index in [9.17, 15) is 4.39 Å². The molecule has 0 heterocycles. The second kappa shape index (κ2) is 6.55. The number of nitrogens with two attached hydrogens (primary N) is 1. The maximum Gasteiger partial charge on any atom is 0.165 e. The van der Waals surface area contributed by atoms with Crippen LogP contribution in [0.15, 0.2) is 18.2 Å². The average Bonchev–Trinajstić information content (AvgIpc) is 2.89. The standard InChI is InChI=1S/C16H24FNO2/c1-3-20-16(8-4-5-9-16)15(18)11-12-6-7-14(19-2)13(17)10-12/h6-7,10,15H,3-5,8-9,11,18H2,1-2H3. The Morgan fingerprint density at radius 3 is 2.60 bits per heavy atom. The summed E-state index contributed by atoms with van der Waals surface area (Å²) in [4.78, 5) is 0. The van der Waals surface area contributed by atoms with Crippen molar-refractivity contribution in [3.63, 3.8) is 0 Å². The summed E-state index contributed by atoms with van der Waals surface area (Å²) in [6, 6.07) is 4.93. The Balaban J connectivity index is 2.10. The zero-order valence-corrected chi connectivity index (χ0v) is 12.3. The van der Waals surface area contributed by atoms with E-state index in [1.165, 1.54) is 13.2 Å². The number of benzene rings is 1. The Hall–Kier alpha value is -1.13. The van der Waals surface area contributed by atoms with Gasteiger partial charge in [0.1, 0.15) is 0 Å². The molecule has 0 spiro atoms. The fraction of sp³-hybridized carbons (Fsp3) is 0.625. The van der Waals surface area contributed by atoms with E-state index in [1.54, 1.807) is 6.07 Å². The van der Waals surface area contributed by atoms with Gasteiger partial charge >= 0.3 is 0 Å². The molecular weight excluding hydrogens is 257 g/mol. The lowest BCUT2D eigenvalue weighted by Gasteiger charge is -2.35. The van der Waals surface area contributed by atoms with Crippen LogP contribution in [0.3, 0.4) is 0 Å². The van der Waals surface area contributed by atoms with Crippen molar-refractivity contribution in [3.05, 3.63) is 29.6 Å². The molecule has 1 atom stereocenters. The smallest absolute Gasteiger partial charge is 0.165 e. The first-order chi connectivity index (χ1) is 9.61. The fourth-order valence-electron chi connectivity index (χ4n) is 3.16. The van der Waals surface area contributed by atoms with Crippen LogP contribution in [-0.2, 0) is 11.2 Å². The van der Waals surface area contributed by atoms with Crippen LogP contribution in [-0.4, -0.2) is 25.4 Å². The van der Waals surface area contributed by atoms with Crippen LogP contribution in [0.25, 0.3) is 0 Å². The number of rotatable bonds is 6. The van der Waals surface area contributed by atoms with Crippen LogP contribution in [0.4, 0.5) is 4.39 Å². The summed E-state index contributed by atoms with van der Waals surface area (Å²) in [6.45, 7) is 2.67. The zero-order chi connectivity index (χ0) is 14.6. The molecule has 0 aliphatic heterocycles. The average molecular weight is 281 g/mol. The summed E-state index contributed by atoms with van der Waals surface area (Å²) in [5, 5.41) is 0. The van der Waals surface area contributed by atoms with Gasteiger partial charge in [0.05, 0.1) is 12.7 Å². The van der Waals surface area contributed by atoms with Crippen LogP contribution >= 0.6 is 0 Å². The third kappa shape index (κ3) is 3.13. The normalized spacial score (nSPS) is 19.0. The fourth-order valence-corrected chi connectivity index (χ4v) is 3.16. The first-order valence-corrected chi connectivity index (χ1v) is 7.33. The molecule has 20 heavy (non-hydrogen) atoms. The van der Waals surface area contributed by atoms with Gasteiger partial charge in [0, 0.05) is 12.6 Å². The van der Waals surface area contributed by atoms with Crippen molar-refractivity contribution in [2.24, 2.45) is 5.73 Å². The number of hydrogen-bond acceptors (Lipinski definition) is 3. The first-order valence-electron chi connectivity index (χ1n) is 7.33. The molecule has 1 aromatic carbocycles. The molecule has 1 aromatic rings. The highest BCUT2D eigenvalue weighted by atomic mass is 19.1. The first kappa shape index (κ1) is 15.3. The third-order valence-corrected chi connectivity index (χ3v) is 4.23. The molecule has 0 radical (unpaired) electrons. The molecule has 3 nitrogen and oxygen atoms in total. The summed E-state index contributed by atoms with van der Waals surface area (Å²) < 4.78 is 24.6. The highest BCUT2D eigenvalue weighted by Gasteiger charge is 2.40. The lowest BCUT2D eigenvalue weighted by atomic mass is 9.88. The molecule has 0 bridgehead atoms. The summed E-state index contributed by atoms with van der Waals surface area (Å²) in [7, 11) is 1.46. The van der Waals surface area contributed by atoms with Crippen molar-refractivity contribution in [2.75, 3.05) is 13.7 Å². The summed E-state index contributed by atoms with van der Waals surface area (Å²) in [5.74, 6) is -0.0724. The molecule has 1 fully saturated rings. The molecule has 1 aliphatic carbocycles. The van der Waals surface area contributed by atoms with E-state index in [2.05, 4.69) is 0 Å². The zero-order valence-electron chi connectivity index (χ0n) is 12.3. The third-order valence-electron chi connectivity index (χ3n) is 4.23. The predicted molar refractivity (Wildman–Crippen MR) is 77.5 cm³/mol. The summed E-state index contributed by atoms with van der Waals surface area (Å²) in [6.07, 6.45) is 4.94. The quantitative estimate of drug-likeness (QED) is 0.871. The van der Waals surface area contributed by atoms with Crippen LogP contribution in [0.1, 0.15) is 38.2 Å². The van der Waals surface area contributed by atoms with Gasteiger partial charge in [0.2, 0.25) is 0 Å². The molecular formula is C16H24FNO2. The molecule has 1 saturated carbocycles. The van der Waals surface area contributed by atoms with Gasteiger partial charge in [-0.25, -0.2) is 4.39 Å². The van der Waals surface area contributed by atoms with Crippen molar-refractivity contribution in [1.82, 2.24) is 0 Å². The Morgan fingerprint density at radius 1 is 1.35 bits per heavy atom. The minimum Gasteiger partial charge on any atom is -0.494 e. The van der Waals surface area contributed by atoms with Gasteiger partial charge in [-0.2, -0.15) is 0 Å². The van der Waals surface area contributed by atoms with E-state index in [0.717, 1.165) is 31.2 Å². The Bertz CT molecular complexity index is 444. The second-order valence-corrected chi connectivity index (χ2v) is 5.48. The van der Waals surface area contributed by atoms with Crippen LogP contribution in [0, 0.1) is 5.82 Å². The van der Waals surface area contributed by atoms with Gasteiger partial charge in [-0.1, -0.05) is 18.9 Å². The van der Waals surface area contributed by atoms with E-state index in [0.29, 0.717) is 13.0 Å². The minimum absolute atomic E-state index is 0.0993. The molecule has 0 saturated heterocycles. The van der Waals surface area contributed by atoms with Crippen molar-refractivity contribution >= 4 is 0 Å². The van der Waals surface area contributed by atoms with E-state index in [-0.39, 0.29) is 23.2 Å². The highest BCUT2D eigenvalue weighted by Crippen LogP contribution is 2.36. The van der Waals surface area contributed by atoms with E-state index in [4.69, 9.17) is 15.2 Å². The van der Waals surface area contributed by atoms with Crippen molar-refractivity contribution in [1.29, 1.82) is 0 Å². The summed E-state index contributed by atoms with van der Waals surface area (Å²) in [5.41, 5.74) is 7.03. The molecule has 1 unspecified atom stereocenters. The minimum atomic E-state index is -0.339. The molecule has 4 heteroatoms. The Kier molecular flexibility index (Phi) is 5.00. The van der Waals surface area contributed by atoms with E-state index in [1.807, 2.05) is 13.0 Å². The second-order valence-electron chi connectivity index (χ2n) is 5.48. The number of hydrogen-bond donors (Lipinski definition) is 1. The maximum atomic E-state index is 13.7. The molecule has 2 N–H and O–H groups in total. The largest absolute Gasteiger partial charge is 0.494 e. The molecule has 0 aromatic heterocycles. The highest BCUT2D eigenvalue weighted by molar-refractivity contribution is 5.30. The topological polar surface area (TPSA) is 44.5 Å². The molecule has 112 valence electrons. The molecule has 0 amide bonds. The van der Waals surface area contributed by atoms with Gasteiger partial charge in [-0.15, -0.1) is 0 Å². The lowest BCUT2D eigenvalue weighted by Crippen LogP contribution is -2.49. The van der Waals surface area contributed by atoms with Gasteiger partial charge < -0.3 is 15.2 Å². The van der Waals surface area contributed by atoms with Gasteiger partial charge in [-0.05, 0) is 43.9 Å². The van der Waals surface area contributed by atoms with Gasteiger partial charge in [0.25, 0.3) is 0 Å². The monoisotopic (exact) mass is 281 g/mol. The lowest BCUT2D eigenvalue weighted by molar-refractivity contribution is -0.0525. The number of halogens is 1. The number of methoxy groups -OCH3 is 1. The molecule has 2 rings (SSSR count). The van der Waals surface area contributed by atoms with E-state index >= 15 is 0 Å². The predicted octanol–water partition coefficient (Wildman–Crippen LogP) is 3.05. The Morgan fingerprint density at radius 2 is 2.05 bits per heavy atom. The van der Waals surface area contributed by atoms with Gasteiger partial charge in [-0.3, -0.25) is 0 Å². The van der Waals surface area contributed by atoms with Gasteiger partial charge in [0.15, 0.2) is 11.6 Å².